The van der Waals surface area contributed by atoms with E-state index < -0.39 is 0 Å². The van der Waals surface area contributed by atoms with E-state index in [2.05, 4.69) is 48.8 Å². The number of piperazine rings is 1. The molecule has 1 heterocycles. The summed E-state index contributed by atoms with van der Waals surface area (Å²) in [6.45, 7) is 11.4. The summed E-state index contributed by atoms with van der Waals surface area (Å²) in [5.74, 6) is 0. The van der Waals surface area contributed by atoms with Gasteiger partial charge < -0.3 is 4.90 Å². The van der Waals surface area contributed by atoms with Gasteiger partial charge in [0.1, 0.15) is 0 Å². The third kappa shape index (κ3) is 2.56. The van der Waals surface area contributed by atoms with Crippen LogP contribution in [0.15, 0.2) is 24.3 Å². The molecular weight excluding hydrogens is 196 g/mol. The van der Waals surface area contributed by atoms with Gasteiger partial charge in [0, 0.05) is 43.5 Å². The number of nitrogens with zero attached hydrogens (tertiary/aromatic N) is 2. The quantitative estimate of drug-likeness (QED) is 0.713. The van der Waals surface area contributed by atoms with E-state index >= 15 is 0 Å². The highest BCUT2D eigenvalue weighted by molar-refractivity contribution is 5.45. The van der Waals surface area contributed by atoms with Gasteiger partial charge in [-0.2, -0.15) is 0 Å². The summed E-state index contributed by atoms with van der Waals surface area (Å²) in [5, 5.41) is 0. The molecule has 1 saturated heterocycles. The molecule has 0 bridgehead atoms. The maximum atomic E-state index is 3.30. The standard InChI is InChI=1S/C14H21N2/c1-14(2,3)16-11-9-15(10-12-16)13-7-5-4-6-8-13/h4-7H,9-12H2,1-3H3. The monoisotopic (exact) mass is 217 g/mol. The molecule has 1 aliphatic heterocycles. The maximum Gasteiger partial charge on any atom is 0.0447 e. The Hall–Kier alpha value is -1.02. The summed E-state index contributed by atoms with van der Waals surface area (Å²) in [7, 11) is 0. The zero-order chi connectivity index (χ0) is 11.6. The summed E-state index contributed by atoms with van der Waals surface area (Å²) in [6.07, 6.45) is 0. The Morgan fingerprint density at radius 1 is 1.06 bits per heavy atom. The largest absolute Gasteiger partial charge is 0.368 e. The Morgan fingerprint density at radius 2 is 1.75 bits per heavy atom. The zero-order valence-corrected chi connectivity index (χ0v) is 10.5. The van der Waals surface area contributed by atoms with Gasteiger partial charge in [0.05, 0.1) is 0 Å². The zero-order valence-electron chi connectivity index (χ0n) is 10.5. The predicted molar refractivity (Wildman–Crippen MR) is 68.8 cm³/mol. The van der Waals surface area contributed by atoms with Crippen LogP contribution in [0.25, 0.3) is 0 Å². The van der Waals surface area contributed by atoms with Gasteiger partial charge in [0.25, 0.3) is 0 Å². The fraction of sp³-hybridized carbons (Fsp3) is 0.571. The van der Waals surface area contributed by atoms with Crippen molar-refractivity contribution in [3.8, 4) is 0 Å². The van der Waals surface area contributed by atoms with Gasteiger partial charge in [-0.25, -0.2) is 0 Å². The van der Waals surface area contributed by atoms with Crippen LogP contribution in [-0.4, -0.2) is 36.6 Å². The Morgan fingerprint density at radius 3 is 2.25 bits per heavy atom. The van der Waals surface area contributed by atoms with E-state index in [9.17, 15) is 0 Å². The number of rotatable bonds is 1. The van der Waals surface area contributed by atoms with E-state index in [1.807, 2.05) is 12.1 Å². The van der Waals surface area contributed by atoms with Crippen LogP contribution >= 0.6 is 0 Å². The molecule has 1 fully saturated rings. The molecule has 1 aromatic carbocycles. The molecule has 0 N–H and O–H groups in total. The first kappa shape index (κ1) is 11.5. The molecule has 0 unspecified atom stereocenters. The Bertz CT molecular complexity index is 318. The molecule has 0 aromatic heterocycles. The van der Waals surface area contributed by atoms with Crippen molar-refractivity contribution >= 4 is 5.69 Å². The lowest BCUT2D eigenvalue weighted by molar-refractivity contribution is 0.128. The first-order chi connectivity index (χ1) is 7.57. The van der Waals surface area contributed by atoms with Crippen LogP contribution in [-0.2, 0) is 0 Å². The normalized spacial score (nSPS) is 18.8. The minimum absolute atomic E-state index is 0.298. The number of anilines is 1. The van der Waals surface area contributed by atoms with Crippen LogP contribution in [0.5, 0.6) is 0 Å². The molecule has 0 saturated carbocycles. The summed E-state index contributed by atoms with van der Waals surface area (Å²) in [4.78, 5) is 4.97. The van der Waals surface area contributed by atoms with Gasteiger partial charge in [-0.1, -0.05) is 18.2 Å². The summed E-state index contributed by atoms with van der Waals surface area (Å²) < 4.78 is 0. The molecule has 1 aromatic rings. The second-order valence-electron chi connectivity index (χ2n) is 5.39. The lowest BCUT2D eigenvalue weighted by Crippen LogP contribution is -2.53. The van der Waals surface area contributed by atoms with Gasteiger partial charge in [0.15, 0.2) is 0 Å². The van der Waals surface area contributed by atoms with Crippen molar-refractivity contribution in [2.75, 3.05) is 31.1 Å². The number of para-hydroxylation sites is 1. The minimum atomic E-state index is 0.298. The maximum absolute atomic E-state index is 3.30. The van der Waals surface area contributed by atoms with Crippen LogP contribution in [0.1, 0.15) is 20.8 Å². The lowest BCUT2D eigenvalue weighted by Gasteiger charge is -2.43. The third-order valence-electron chi connectivity index (χ3n) is 3.26. The Balaban J connectivity index is 1.96. The molecule has 0 amide bonds. The highest BCUT2D eigenvalue weighted by atomic mass is 15.3. The van der Waals surface area contributed by atoms with Crippen molar-refractivity contribution in [2.45, 2.75) is 26.3 Å². The van der Waals surface area contributed by atoms with Crippen LogP contribution in [0.3, 0.4) is 0 Å². The first-order valence-electron chi connectivity index (χ1n) is 6.04. The SMILES string of the molecule is CC(C)(C)N1CCN(c2[c]cccc2)CC1. The van der Waals surface area contributed by atoms with Crippen LogP contribution in [0, 0.1) is 6.07 Å². The molecule has 2 rings (SSSR count). The smallest absolute Gasteiger partial charge is 0.0447 e. The molecule has 87 valence electrons. The van der Waals surface area contributed by atoms with Gasteiger partial charge in [0.2, 0.25) is 0 Å². The Kier molecular flexibility index (Phi) is 3.20. The summed E-state index contributed by atoms with van der Waals surface area (Å²) >= 11 is 0. The molecule has 2 heteroatoms. The number of hydrogen-bond acceptors (Lipinski definition) is 2. The summed E-state index contributed by atoms with van der Waals surface area (Å²) in [6, 6.07) is 11.5. The first-order valence-corrected chi connectivity index (χ1v) is 6.04. The van der Waals surface area contributed by atoms with E-state index in [0.29, 0.717) is 5.54 Å². The predicted octanol–water partition coefficient (Wildman–Crippen LogP) is 2.41. The van der Waals surface area contributed by atoms with Crippen molar-refractivity contribution in [3.05, 3.63) is 30.3 Å². The van der Waals surface area contributed by atoms with E-state index in [1.165, 1.54) is 5.69 Å². The molecule has 0 aliphatic carbocycles. The van der Waals surface area contributed by atoms with Crippen LogP contribution in [0.2, 0.25) is 0 Å². The summed E-state index contributed by atoms with van der Waals surface area (Å²) in [5.41, 5.74) is 1.53. The third-order valence-corrected chi connectivity index (χ3v) is 3.26. The highest BCUT2D eigenvalue weighted by Gasteiger charge is 2.25. The van der Waals surface area contributed by atoms with Crippen LogP contribution in [0.4, 0.5) is 5.69 Å². The average molecular weight is 217 g/mol. The van der Waals surface area contributed by atoms with E-state index in [4.69, 9.17) is 0 Å². The van der Waals surface area contributed by atoms with Crippen molar-refractivity contribution < 1.29 is 0 Å². The second-order valence-corrected chi connectivity index (χ2v) is 5.39. The van der Waals surface area contributed by atoms with Gasteiger partial charge >= 0.3 is 0 Å². The lowest BCUT2D eigenvalue weighted by atomic mass is 10.0. The van der Waals surface area contributed by atoms with E-state index in [-0.39, 0.29) is 0 Å². The van der Waals surface area contributed by atoms with Gasteiger partial charge in [-0.3, -0.25) is 4.90 Å². The van der Waals surface area contributed by atoms with Crippen molar-refractivity contribution in [3.63, 3.8) is 0 Å². The van der Waals surface area contributed by atoms with Crippen molar-refractivity contribution in [1.29, 1.82) is 0 Å². The second kappa shape index (κ2) is 4.46. The average Bonchev–Trinajstić information content (AvgIpc) is 2.29. The molecule has 1 aliphatic rings. The number of benzene rings is 1. The molecule has 0 atom stereocenters. The Labute approximate surface area is 98.9 Å². The highest BCUT2D eigenvalue weighted by Crippen LogP contribution is 2.19. The van der Waals surface area contributed by atoms with Crippen molar-refractivity contribution in [1.82, 2.24) is 4.90 Å². The van der Waals surface area contributed by atoms with E-state index in [1.54, 1.807) is 0 Å². The molecule has 1 radical (unpaired) electrons. The fourth-order valence-electron chi connectivity index (χ4n) is 2.20. The molecule has 0 spiro atoms. The fourth-order valence-corrected chi connectivity index (χ4v) is 2.20. The minimum Gasteiger partial charge on any atom is -0.368 e. The molecular formula is C14H21N2. The van der Waals surface area contributed by atoms with Gasteiger partial charge in [-0.15, -0.1) is 0 Å². The molecule has 16 heavy (non-hydrogen) atoms. The van der Waals surface area contributed by atoms with Crippen LogP contribution < -0.4 is 4.90 Å². The van der Waals surface area contributed by atoms with Crippen molar-refractivity contribution in [2.24, 2.45) is 0 Å². The molecule has 2 nitrogen and oxygen atoms in total. The number of hydrogen-bond donors (Lipinski definition) is 0. The topological polar surface area (TPSA) is 6.48 Å². The van der Waals surface area contributed by atoms with E-state index in [0.717, 1.165) is 26.2 Å². The van der Waals surface area contributed by atoms with Gasteiger partial charge in [-0.05, 0) is 26.8 Å².